The molecule has 1 aliphatic heterocycles. The van der Waals surface area contributed by atoms with Gasteiger partial charge in [-0.15, -0.1) is 11.8 Å². The molecule has 2 amide bonds. The fraction of sp³-hybridized carbons (Fsp3) is 0.200. The van der Waals surface area contributed by atoms with Gasteiger partial charge >= 0.3 is 6.18 Å². The fourth-order valence-corrected chi connectivity index (χ4v) is 4.87. The van der Waals surface area contributed by atoms with E-state index in [2.05, 4.69) is 5.32 Å². The maximum absolute atomic E-state index is 13.1. The molecule has 3 aromatic rings. The van der Waals surface area contributed by atoms with Gasteiger partial charge in [0.1, 0.15) is 11.1 Å². The molecule has 4 rings (SSSR count). The lowest BCUT2D eigenvalue weighted by Gasteiger charge is -2.26. The van der Waals surface area contributed by atoms with Gasteiger partial charge in [0.05, 0.1) is 17.9 Å². The third-order valence-electron chi connectivity index (χ3n) is 5.22. The summed E-state index contributed by atoms with van der Waals surface area (Å²) in [5.41, 5.74) is 0.776. The number of halogens is 3. The number of alkyl halides is 3. The molecule has 0 aromatic heterocycles. The number of benzene rings is 3. The van der Waals surface area contributed by atoms with Gasteiger partial charge in [0.15, 0.2) is 0 Å². The number of carbonyl (C=O) groups is 2. The molecule has 1 fully saturated rings. The number of amides is 2. The Labute approximate surface area is 198 Å². The molecule has 1 unspecified atom stereocenters. The molecule has 3 aromatic carbocycles. The summed E-state index contributed by atoms with van der Waals surface area (Å²) in [5.74, 6) is 0.197. The smallest absolute Gasteiger partial charge is 0.416 e. The number of nitrogens with zero attached hydrogens (tertiary/aromatic N) is 1. The summed E-state index contributed by atoms with van der Waals surface area (Å²) in [6.07, 6.45) is -4.55. The predicted octanol–water partition coefficient (Wildman–Crippen LogP) is 6.14. The lowest BCUT2D eigenvalue weighted by molar-refractivity contribution is -0.137. The second-order valence-corrected chi connectivity index (χ2v) is 8.54. The highest BCUT2D eigenvalue weighted by Crippen LogP contribution is 2.44. The SMILES string of the molecule is CCOc1ccc(N2C(=O)CSC2c2ccccc2NC(=O)c2cccc(C(F)(F)F)c2)cc1. The number of carbonyl (C=O) groups excluding carboxylic acids is 2. The zero-order valence-corrected chi connectivity index (χ0v) is 19.0. The second kappa shape index (κ2) is 9.80. The van der Waals surface area contributed by atoms with E-state index in [4.69, 9.17) is 4.74 Å². The number of ether oxygens (including phenoxy) is 1. The summed E-state index contributed by atoms with van der Waals surface area (Å²) in [4.78, 5) is 27.2. The first-order valence-corrected chi connectivity index (χ1v) is 11.6. The first-order valence-electron chi connectivity index (χ1n) is 10.5. The molecule has 1 N–H and O–H groups in total. The summed E-state index contributed by atoms with van der Waals surface area (Å²) < 4.78 is 44.6. The van der Waals surface area contributed by atoms with Crippen molar-refractivity contribution in [2.24, 2.45) is 0 Å². The molecule has 34 heavy (non-hydrogen) atoms. The van der Waals surface area contributed by atoms with Crippen LogP contribution in [0, 0.1) is 0 Å². The normalized spacial score (nSPS) is 15.9. The van der Waals surface area contributed by atoms with Crippen LogP contribution in [0.4, 0.5) is 24.5 Å². The lowest BCUT2D eigenvalue weighted by atomic mass is 10.1. The first kappa shape index (κ1) is 23.7. The second-order valence-electron chi connectivity index (χ2n) is 7.47. The van der Waals surface area contributed by atoms with E-state index >= 15 is 0 Å². The molecule has 9 heteroatoms. The number of anilines is 2. The van der Waals surface area contributed by atoms with Crippen LogP contribution < -0.4 is 15.0 Å². The van der Waals surface area contributed by atoms with E-state index in [1.807, 2.05) is 6.92 Å². The molecule has 0 aliphatic carbocycles. The molecule has 1 aliphatic rings. The zero-order chi connectivity index (χ0) is 24.3. The van der Waals surface area contributed by atoms with Crippen molar-refractivity contribution in [2.75, 3.05) is 22.6 Å². The minimum Gasteiger partial charge on any atom is -0.494 e. The Morgan fingerprint density at radius 2 is 1.82 bits per heavy atom. The molecular weight excluding hydrogens is 465 g/mol. The Kier molecular flexibility index (Phi) is 6.83. The number of hydrogen-bond acceptors (Lipinski definition) is 4. The van der Waals surface area contributed by atoms with Gasteiger partial charge in [0.2, 0.25) is 5.91 Å². The summed E-state index contributed by atoms with van der Waals surface area (Å²) in [6.45, 7) is 2.41. The van der Waals surface area contributed by atoms with Crippen molar-refractivity contribution in [1.29, 1.82) is 0 Å². The number of thioether (sulfide) groups is 1. The average molecular weight is 487 g/mol. The molecule has 176 valence electrons. The van der Waals surface area contributed by atoms with Crippen LogP contribution in [0.5, 0.6) is 5.75 Å². The van der Waals surface area contributed by atoms with Gasteiger partial charge in [0.25, 0.3) is 5.91 Å². The van der Waals surface area contributed by atoms with Crippen molar-refractivity contribution in [3.8, 4) is 5.75 Å². The third kappa shape index (κ3) is 5.04. The van der Waals surface area contributed by atoms with Gasteiger partial charge in [-0.05, 0) is 55.5 Å². The number of nitrogens with one attached hydrogen (secondary N) is 1. The van der Waals surface area contributed by atoms with E-state index in [9.17, 15) is 22.8 Å². The van der Waals surface area contributed by atoms with Crippen LogP contribution in [0.15, 0.2) is 72.8 Å². The van der Waals surface area contributed by atoms with E-state index in [1.165, 1.54) is 23.9 Å². The fourth-order valence-electron chi connectivity index (χ4n) is 3.66. The Morgan fingerprint density at radius 1 is 1.09 bits per heavy atom. The Balaban J connectivity index is 1.61. The van der Waals surface area contributed by atoms with Gasteiger partial charge in [-0.25, -0.2) is 0 Å². The standard InChI is InChI=1S/C25H21F3N2O3S/c1-2-33-19-12-10-18(11-13-19)30-22(31)15-34-24(30)20-8-3-4-9-21(20)29-23(32)16-6-5-7-17(14-16)25(26,27)28/h3-14,24H,2,15H2,1H3,(H,29,32). The largest absolute Gasteiger partial charge is 0.494 e. The molecular formula is C25H21F3N2O3S. The highest BCUT2D eigenvalue weighted by atomic mass is 32.2. The van der Waals surface area contributed by atoms with Crippen molar-refractivity contribution >= 4 is 35.0 Å². The monoisotopic (exact) mass is 486 g/mol. The maximum Gasteiger partial charge on any atom is 0.416 e. The average Bonchev–Trinajstić information content (AvgIpc) is 3.21. The Bertz CT molecular complexity index is 1200. The van der Waals surface area contributed by atoms with Gasteiger partial charge in [0, 0.05) is 22.5 Å². The molecule has 1 heterocycles. The van der Waals surface area contributed by atoms with E-state index in [0.29, 0.717) is 29.3 Å². The van der Waals surface area contributed by atoms with Gasteiger partial charge in [-0.2, -0.15) is 13.2 Å². The van der Waals surface area contributed by atoms with Crippen molar-refractivity contribution in [3.63, 3.8) is 0 Å². The van der Waals surface area contributed by atoms with Crippen molar-refractivity contribution in [2.45, 2.75) is 18.5 Å². The summed E-state index contributed by atoms with van der Waals surface area (Å²) in [6, 6.07) is 18.4. The van der Waals surface area contributed by atoms with Gasteiger partial charge in [-0.3, -0.25) is 14.5 Å². The summed E-state index contributed by atoms with van der Waals surface area (Å²) in [5, 5.41) is 2.30. The van der Waals surface area contributed by atoms with Crippen LogP contribution in [0.1, 0.15) is 33.8 Å². The number of hydrogen-bond donors (Lipinski definition) is 1. The van der Waals surface area contributed by atoms with E-state index in [1.54, 1.807) is 53.4 Å². The Morgan fingerprint density at radius 3 is 2.53 bits per heavy atom. The van der Waals surface area contributed by atoms with Gasteiger partial charge < -0.3 is 10.1 Å². The van der Waals surface area contributed by atoms with Crippen LogP contribution in [0.3, 0.4) is 0 Å². The minimum absolute atomic E-state index is 0.0850. The minimum atomic E-state index is -4.55. The van der Waals surface area contributed by atoms with Crippen LogP contribution in [-0.4, -0.2) is 24.2 Å². The van der Waals surface area contributed by atoms with Crippen molar-refractivity contribution < 1.29 is 27.5 Å². The highest BCUT2D eigenvalue weighted by molar-refractivity contribution is 8.00. The zero-order valence-electron chi connectivity index (χ0n) is 18.1. The van der Waals surface area contributed by atoms with Crippen LogP contribution in [0.2, 0.25) is 0 Å². The summed E-state index contributed by atoms with van der Waals surface area (Å²) in [7, 11) is 0. The van der Waals surface area contributed by atoms with Crippen LogP contribution in [0.25, 0.3) is 0 Å². The maximum atomic E-state index is 13.1. The molecule has 1 saturated heterocycles. The molecule has 0 saturated carbocycles. The van der Waals surface area contributed by atoms with Crippen molar-refractivity contribution in [1.82, 2.24) is 0 Å². The first-order chi connectivity index (χ1) is 16.3. The molecule has 0 bridgehead atoms. The van der Waals surface area contributed by atoms with E-state index in [0.717, 1.165) is 12.1 Å². The van der Waals surface area contributed by atoms with E-state index in [-0.39, 0.29) is 17.2 Å². The third-order valence-corrected chi connectivity index (χ3v) is 6.42. The topological polar surface area (TPSA) is 58.6 Å². The lowest BCUT2D eigenvalue weighted by Crippen LogP contribution is -2.28. The predicted molar refractivity (Wildman–Crippen MR) is 126 cm³/mol. The quantitative estimate of drug-likeness (QED) is 0.455. The van der Waals surface area contributed by atoms with Crippen molar-refractivity contribution in [3.05, 3.63) is 89.5 Å². The molecule has 0 radical (unpaired) electrons. The highest BCUT2D eigenvalue weighted by Gasteiger charge is 2.36. The number of rotatable bonds is 6. The van der Waals surface area contributed by atoms with Crippen LogP contribution in [-0.2, 0) is 11.0 Å². The van der Waals surface area contributed by atoms with E-state index < -0.39 is 23.0 Å². The Hall–Kier alpha value is -3.46. The molecule has 1 atom stereocenters. The molecule has 5 nitrogen and oxygen atoms in total. The molecule has 0 spiro atoms. The van der Waals surface area contributed by atoms with Crippen LogP contribution >= 0.6 is 11.8 Å². The van der Waals surface area contributed by atoms with Gasteiger partial charge in [-0.1, -0.05) is 24.3 Å². The summed E-state index contributed by atoms with van der Waals surface area (Å²) >= 11 is 1.41. The number of para-hydroxylation sites is 1.